The van der Waals surface area contributed by atoms with E-state index in [0.717, 1.165) is 0 Å². The number of hydrogen-bond acceptors (Lipinski definition) is 5. The average Bonchev–Trinajstić information content (AvgIpc) is 2.68. The van der Waals surface area contributed by atoms with Crippen LogP contribution in [0.1, 0.15) is 18.6 Å². The Morgan fingerprint density at radius 3 is 2.60 bits per heavy atom. The van der Waals surface area contributed by atoms with Crippen LogP contribution in [-0.2, 0) is 10.0 Å². The van der Waals surface area contributed by atoms with Crippen molar-refractivity contribution < 1.29 is 8.42 Å². The van der Waals surface area contributed by atoms with Gasteiger partial charge < -0.3 is 5.73 Å². The molecule has 0 spiro atoms. The summed E-state index contributed by atoms with van der Waals surface area (Å²) in [7, 11) is -3.53. The highest BCUT2D eigenvalue weighted by Gasteiger charge is 2.16. The molecule has 0 saturated carbocycles. The molecule has 0 radical (unpaired) electrons. The number of aryl methyl sites for hydroxylation is 2. The Kier molecular flexibility index (Phi) is 3.78. The van der Waals surface area contributed by atoms with Gasteiger partial charge in [0.1, 0.15) is 11.6 Å². The van der Waals surface area contributed by atoms with Crippen molar-refractivity contribution in [3.05, 3.63) is 29.8 Å². The minimum atomic E-state index is -3.53. The summed E-state index contributed by atoms with van der Waals surface area (Å²) in [5.74, 6) is 1.24. The molecule has 108 valence electrons. The number of nitrogens with one attached hydrogen (secondary N) is 1. The molecule has 0 aliphatic heterocycles. The van der Waals surface area contributed by atoms with Gasteiger partial charge in [0.2, 0.25) is 10.0 Å². The van der Waals surface area contributed by atoms with Crippen molar-refractivity contribution in [1.29, 1.82) is 0 Å². The quantitative estimate of drug-likeness (QED) is 0.811. The summed E-state index contributed by atoms with van der Waals surface area (Å²) >= 11 is 0. The normalized spacial score (nSPS) is 11.8. The third kappa shape index (κ3) is 2.66. The summed E-state index contributed by atoms with van der Waals surface area (Å²) in [5.41, 5.74) is 6.85. The second kappa shape index (κ2) is 5.22. The summed E-state index contributed by atoms with van der Waals surface area (Å²) in [6.07, 6.45) is 0. The van der Waals surface area contributed by atoms with Gasteiger partial charge in [0, 0.05) is 6.54 Å². The third-order valence-corrected chi connectivity index (χ3v) is 4.29. The number of sulfonamides is 1. The van der Waals surface area contributed by atoms with Crippen LogP contribution in [0.25, 0.3) is 5.69 Å². The van der Waals surface area contributed by atoms with Gasteiger partial charge in [-0.25, -0.2) is 22.8 Å². The van der Waals surface area contributed by atoms with E-state index >= 15 is 0 Å². The average molecular weight is 295 g/mol. The van der Waals surface area contributed by atoms with Gasteiger partial charge in [0.05, 0.1) is 16.3 Å². The molecule has 0 unspecified atom stereocenters. The van der Waals surface area contributed by atoms with Crippen LogP contribution in [0.4, 0.5) is 5.69 Å². The van der Waals surface area contributed by atoms with E-state index in [1.165, 1.54) is 16.8 Å². The number of aromatic nitrogens is 3. The lowest BCUT2D eigenvalue weighted by Gasteiger charge is -2.10. The summed E-state index contributed by atoms with van der Waals surface area (Å²) in [6, 6.07) is 4.51. The highest BCUT2D eigenvalue weighted by molar-refractivity contribution is 7.89. The third-order valence-electron chi connectivity index (χ3n) is 2.75. The monoisotopic (exact) mass is 295 g/mol. The van der Waals surface area contributed by atoms with Crippen molar-refractivity contribution in [3.8, 4) is 5.69 Å². The first-order valence-corrected chi connectivity index (χ1v) is 7.63. The molecule has 1 aromatic heterocycles. The topological polar surface area (TPSA) is 103 Å². The summed E-state index contributed by atoms with van der Waals surface area (Å²) in [4.78, 5) is 4.34. The highest BCUT2D eigenvalue weighted by atomic mass is 32.2. The van der Waals surface area contributed by atoms with Gasteiger partial charge in [0.15, 0.2) is 0 Å². The fraction of sp³-hybridized carbons (Fsp3) is 0.333. The molecule has 8 heteroatoms. The molecular formula is C12H17N5O2S. The van der Waals surface area contributed by atoms with Gasteiger partial charge in [-0.15, -0.1) is 0 Å². The molecule has 0 saturated heterocycles. The molecule has 1 heterocycles. The van der Waals surface area contributed by atoms with Crippen LogP contribution >= 0.6 is 0 Å². The highest BCUT2D eigenvalue weighted by Crippen LogP contribution is 2.22. The molecule has 3 N–H and O–H groups in total. The first kappa shape index (κ1) is 14.5. The van der Waals surface area contributed by atoms with Gasteiger partial charge in [-0.1, -0.05) is 6.92 Å². The lowest BCUT2D eigenvalue weighted by Crippen LogP contribution is -2.23. The first-order valence-electron chi connectivity index (χ1n) is 6.15. The number of rotatable bonds is 4. The lowest BCUT2D eigenvalue weighted by molar-refractivity contribution is 0.584. The van der Waals surface area contributed by atoms with E-state index in [-0.39, 0.29) is 4.90 Å². The van der Waals surface area contributed by atoms with E-state index in [4.69, 9.17) is 5.73 Å². The Labute approximate surface area is 117 Å². The zero-order chi connectivity index (χ0) is 14.9. The van der Waals surface area contributed by atoms with E-state index in [1.807, 2.05) is 0 Å². The number of hydrogen-bond donors (Lipinski definition) is 2. The summed E-state index contributed by atoms with van der Waals surface area (Å²) in [6.45, 7) is 5.59. The van der Waals surface area contributed by atoms with Crippen LogP contribution in [0.5, 0.6) is 0 Å². The molecule has 7 nitrogen and oxygen atoms in total. The van der Waals surface area contributed by atoms with E-state index in [2.05, 4.69) is 14.8 Å². The SMILES string of the molecule is CCNS(=O)(=O)c1ccc(N)c(-n2nc(C)nc2C)c1. The fourth-order valence-electron chi connectivity index (χ4n) is 1.90. The Morgan fingerprint density at radius 1 is 1.35 bits per heavy atom. The van der Waals surface area contributed by atoms with Crippen LogP contribution in [-0.4, -0.2) is 29.7 Å². The fourth-order valence-corrected chi connectivity index (χ4v) is 2.96. The molecular weight excluding hydrogens is 278 g/mol. The van der Waals surface area contributed by atoms with Crippen molar-refractivity contribution in [2.45, 2.75) is 25.7 Å². The van der Waals surface area contributed by atoms with Gasteiger partial charge in [0.25, 0.3) is 0 Å². The van der Waals surface area contributed by atoms with Crippen LogP contribution in [0.2, 0.25) is 0 Å². The number of nitrogen functional groups attached to an aromatic ring is 1. The molecule has 2 aromatic rings. The zero-order valence-corrected chi connectivity index (χ0v) is 12.4. The minimum Gasteiger partial charge on any atom is -0.397 e. The maximum absolute atomic E-state index is 12.0. The molecule has 0 aliphatic carbocycles. The molecule has 0 amide bonds. The van der Waals surface area contributed by atoms with Crippen molar-refractivity contribution in [3.63, 3.8) is 0 Å². The van der Waals surface area contributed by atoms with Crippen molar-refractivity contribution >= 4 is 15.7 Å². The number of nitrogens with two attached hydrogens (primary N) is 1. The molecule has 0 aliphatic rings. The van der Waals surface area contributed by atoms with Gasteiger partial charge in [-0.3, -0.25) is 0 Å². The number of benzene rings is 1. The Hall–Kier alpha value is -1.93. The zero-order valence-electron chi connectivity index (χ0n) is 11.6. The summed E-state index contributed by atoms with van der Waals surface area (Å²) in [5, 5.41) is 4.22. The number of nitrogens with zero attached hydrogens (tertiary/aromatic N) is 3. The Balaban J connectivity index is 2.58. The van der Waals surface area contributed by atoms with E-state index < -0.39 is 10.0 Å². The van der Waals surface area contributed by atoms with Crippen LogP contribution < -0.4 is 10.5 Å². The van der Waals surface area contributed by atoms with E-state index in [0.29, 0.717) is 29.6 Å². The maximum Gasteiger partial charge on any atom is 0.240 e. The smallest absolute Gasteiger partial charge is 0.240 e. The van der Waals surface area contributed by atoms with E-state index in [1.54, 1.807) is 26.8 Å². The predicted molar refractivity (Wildman–Crippen MR) is 76.1 cm³/mol. The van der Waals surface area contributed by atoms with Crippen molar-refractivity contribution in [1.82, 2.24) is 19.5 Å². The van der Waals surface area contributed by atoms with Gasteiger partial charge in [-0.2, -0.15) is 5.10 Å². The van der Waals surface area contributed by atoms with Crippen molar-refractivity contribution in [2.75, 3.05) is 12.3 Å². The van der Waals surface area contributed by atoms with E-state index in [9.17, 15) is 8.42 Å². The maximum atomic E-state index is 12.0. The van der Waals surface area contributed by atoms with Gasteiger partial charge in [-0.05, 0) is 32.0 Å². The lowest BCUT2D eigenvalue weighted by atomic mass is 10.2. The second-order valence-electron chi connectivity index (χ2n) is 4.34. The molecule has 1 aromatic carbocycles. The molecule has 0 bridgehead atoms. The largest absolute Gasteiger partial charge is 0.397 e. The Morgan fingerprint density at radius 2 is 2.05 bits per heavy atom. The van der Waals surface area contributed by atoms with Crippen LogP contribution in [0.3, 0.4) is 0 Å². The first-order chi connectivity index (χ1) is 9.35. The van der Waals surface area contributed by atoms with Gasteiger partial charge >= 0.3 is 0 Å². The predicted octanol–water partition coefficient (Wildman–Crippen LogP) is 0.765. The second-order valence-corrected chi connectivity index (χ2v) is 6.11. The standard InChI is InChI=1S/C12H17N5O2S/c1-4-14-20(18,19)10-5-6-11(13)12(7-10)17-9(3)15-8(2)16-17/h5-7,14H,4,13H2,1-3H3. The van der Waals surface area contributed by atoms with Crippen LogP contribution in [0, 0.1) is 13.8 Å². The molecule has 20 heavy (non-hydrogen) atoms. The summed E-state index contributed by atoms with van der Waals surface area (Å²) < 4.78 is 28.0. The van der Waals surface area contributed by atoms with Crippen LogP contribution in [0.15, 0.2) is 23.1 Å². The van der Waals surface area contributed by atoms with Crippen molar-refractivity contribution in [2.24, 2.45) is 0 Å². The Bertz CT molecular complexity index is 736. The molecule has 2 rings (SSSR count). The minimum absolute atomic E-state index is 0.149. The molecule has 0 atom stereocenters. The molecule has 0 fully saturated rings. The number of anilines is 1.